The van der Waals surface area contributed by atoms with Crippen LogP contribution in [-0.4, -0.2) is 11.6 Å². The fourth-order valence-electron chi connectivity index (χ4n) is 5.02. The molecule has 2 nitrogen and oxygen atoms in total. The van der Waals surface area contributed by atoms with Crippen molar-refractivity contribution in [2.75, 3.05) is 0 Å². The minimum atomic E-state index is 0.0525. The van der Waals surface area contributed by atoms with Crippen LogP contribution in [0.2, 0.25) is 0 Å². The maximum Gasteiger partial charge on any atom is 0.193 e. The third-order valence-corrected chi connectivity index (χ3v) is 7.25. The predicted octanol–water partition coefficient (Wildman–Crippen LogP) is 8.72. The lowest BCUT2D eigenvalue weighted by molar-refractivity contribution is 0.102. The molecule has 5 aromatic rings. The van der Waals surface area contributed by atoms with E-state index < -0.39 is 0 Å². The standard InChI is InChI=1S/C36H30O2/c1-23-10-5-7-14-31(23)35(37)33-18-16-29(20-25(33)3)27-12-9-13-28(22-27)30-17-19-34(26(4)21-30)36(38)32-15-8-6-11-24(32)2/h5-22H,1-4H3. The van der Waals surface area contributed by atoms with Crippen molar-refractivity contribution >= 4 is 11.6 Å². The van der Waals surface area contributed by atoms with Gasteiger partial charge in [0.1, 0.15) is 0 Å². The highest BCUT2D eigenvalue weighted by Crippen LogP contribution is 2.30. The van der Waals surface area contributed by atoms with Crippen LogP contribution in [0.3, 0.4) is 0 Å². The number of hydrogen-bond acceptors (Lipinski definition) is 2. The van der Waals surface area contributed by atoms with E-state index in [-0.39, 0.29) is 11.6 Å². The van der Waals surface area contributed by atoms with Crippen molar-refractivity contribution < 1.29 is 9.59 Å². The lowest BCUT2D eigenvalue weighted by Gasteiger charge is -2.12. The van der Waals surface area contributed by atoms with Crippen LogP contribution in [0.1, 0.15) is 54.1 Å². The van der Waals surface area contributed by atoms with Gasteiger partial charge in [-0.2, -0.15) is 0 Å². The lowest BCUT2D eigenvalue weighted by atomic mass is 9.91. The summed E-state index contributed by atoms with van der Waals surface area (Å²) in [5, 5.41) is 0. The Balaban J connectivity index is 1.44. The first-order valence-electron chi connectivity index (χ1n) is 12.9. The summed E-state index contributed by atoms with van der Waals surface area (Å²) in [4.78, 5) is 26.3. The summed E-state index contributed by atoms with van der Waals surface area (Å²) in [6.45, 7) is 7.92. The molecule has 0 atom stereocenters. The fourth-order valence-corrected chi connectivity index (χ4v) is 5.02. The van der Waals surface area contributed by atoms with Gasteiger partial charge in [0.2, 0.25) is 0 Å². The number of ketones is 2. The Morgan fingerprint density at radius 3 is 1.13 bits per heavy atom. The molecule has 0 unspecified atom stereocenters. The van der Waals surface area contributed by atoms with Gasteiger partial charge >= 0.3 is 0 Å². The molecule has 186 valence electrons. The predicted molar refractivity (Wildman–Crippen MR) is 156 cm³/mol. The molecule has 0 heterocycles. The van der Waals surface area contributed by atoms with Crippen molar-refractivity contribution in [2.45, 2.75) is 27.7 Å². The normalized spacial score (nSPS) is 10.8. The van der Waals surface area contributed by atoms with E-state index >= 15 is 0 Å². The highest BCUT2D eigenvalue weighted by molar-refractivity contribution is 6.11. The van der Waals surface area contributed by atoms with Gasteiger partial charge in [-0.05, 0) is 78.3 Å². The molecule has 0 aliphatic rings. The summed E-state index contributed by atoms with van der Waals surface area (Å²) < 4.78 is 0. The van der Waals surface area contributed by atoms with E-state index in [1.165, 1.54) is 0 Å². The van der Waals surface area contributed by atoms with Crippen LogP contribution >= 0.6 is 0 Å². The Morgan fingerprint density at radius 2 is 0.737 bits per heavy atom. The molecule has 0 N–H and O–H groups in total. The van der Waals surface area contributed by atoms with Crippen LogP contribution < -0.4 is 0 Å². The fraction of sp³-hybridized carbons (Fsp3) is 0.111. The first kappa shape index (κ1) is 25.1. The van der Waals surface area contributed by atoms with Gasteiger partial charge in [-0.3, -0.25) is 9.59 Å². The average molecular weight is 495 g/mol. The van der Waals surface area contributed by atoms with Crippen LogP contribution in [-0.2, 0) is 0 Å². The van der Waals surface area contributed by atoms with Crippen molar-refractivity contribution in [1.29, 1.82) is 0 Å². The topological polar surface area (TPSA) is 34.1 Å². The molecule has 38 heavy (non-hydrogen) atoms. The van der Waals surface area contributed by atoms with Crippen LogP contribution in [0.5, 0.6) is 0 Å². The molecule has 0 saturated heterocycles. The second-order valence-electron chi connectivity index (χ2n) is 9.93. The van der Waals surface area contributed by atoms with Crippen molar-refractivity contribution in [1.82, 2.24) is 0 Å². The first-order valence-corrected chi connectivity index (χ1v) is 12.9. The van der Waals surface area contributed by atoms with E-state index in [0.717, 1.165) is 66.8 Å². The van der Waals surface area contributed by atoms with Crippen LogP contribution in [0.4, 0.5) is 0 Å². The first-order chi connectivity index (χ1) is 18.3. The highest BCUT2D eigenvalue weighted by Gasteiger charge is 2.16. The smallest absolute Gasteiger partial charge is 0.193 e. The van der Waals surface area contributed by atoms with Crippen LogP contribution in [0.25, 0.3) is 22.3 Å². The van der Waals surface area contributed by atoms with E-state index in [1.54, 1.807) is 0 Å². The zero-order valence-corrected chi connectivity index (χ0v) is 22.2. The maximum atomic E-state index is 13.2. The summed E-state index contributed by atoms with van der Waals surface area (Å²) in [5.74, 6) is 0.105. The van der Waals surface area contributed by atoms with Crippen molar-refractivity contribution in [2.24, 2.45) is 0 Å². The van der Waals surface area contributed by atoms with E-state index in [1.807, 2.05) is 107 Å². The van der Waals surface area contributed by atoms with Crippen molar-refractivity contribution in [3.63, 3.8) is 0 Å². The van der Waals surface area contributed by atoms with Gasteiger partial charge in [-0.1, -0.05) is 103 Å². The van der Waals surface area contributed by atoms with Crippen molar-refractivity contribution in [3.05, 3.63) is 154 Å². The number of carbonyl (C=O) groups excluding carboxylic acids is 2. The SMILES string of the molecule is Cc1ccccc1C(=O)c1ccc(-c2cccc(-c3ccc(C(=O)c4ccccc4C)c(C)c3)c2)cc1C. The number of benzene rings is 5. The molecule has 5 aromatic carbocycles. The van der Waals surface area contributed by atoms with Crippen molar-refractivity contribution in [3.8, 4) is 22.3 Å². The van der Waals surface area contributed by atoms with Gasteiger partial charge < -0.3 is 0 Å². The molecule has 0 spiro atoms. The summed E-state index contributed by atoms with van der Waals surface area (Å²) in [6, 6.07) is 35.9. The highest BCUT2D eigenvalue weighted by atomic mass is 16.1. The monoisotopic (exact) mass is 494 g/mol. The average Bonchev–Trinajstić information content (AvgIpc) is 2.93. The minimum absolute atomic E-state index is 0.0525. The van der Waals surface area contributed by atoms with Gasteiger partial charge in [0.15, 0.2) is 11.6 Å². The van der Waals surface area contributed by atoms with Gasteiger partial charge in [0.05, 0.1) is 0 Å². The van der Waals surface area contributed by atoms with E-state index in [9.17, 15) is 9.59 Å². The van der Waals surface area contributed by atoms with Crippen LogP contribution in [0.15, 0.2) is 109 Å². The molecule has 0 saturated carbocycles. The van der Waals surface area contributed by atoms with Gasteiger partial charge in [-0.25, -0.2) is 0 Å². The molecule has 0 aliphatic heterocycles. The second-order valence-corrected chi connectivity index (χ2v) is 9.93. The summed E-state index contributed by atoms with van der Waals surface area (Å²) in [6.07, 6.45) is 0. The van der Waals surface area contributed by atoms with E-state index in [2.05, 4.69) is 30.3 Å². The number of hydrogen-bond donors (Lipinski definition) is 0. The molecule has 0 amide bonds. The second kappa shape index (κ2) is 10.4. The minimum Gasteiger partial charge on any atom is -0.289 e. The molecular weight excluding hydrogens is 464 g/mol. The zero-order chi connectivity index (χ0) is 26.8. The zero-order valence-electron chi connectivity index (χ0n) is 22.2. The van der Waals surface area contributed by atoms with Crippen LogP contribution in [0, 0.1) is 27.7 Å². The summed E-state index contributed by atoms with van der Waals surface area (Å²) >= 11 is 0. The molecule has 0 bridgehead atoms. The Morgan fingerprint density at radius 1 is 0.368 bits per heavy atom. The van der Waals surface area contributed by atoms with Gasteiger partial charge in [0.25, 0.3) is 0 Å². The third kappa shape index (κ3) is 4.86. The van der Waals surface area contributed by atoms with Gasteiger partial charge in [0, 0.05) is 22.3 Å². The van der Waals surface area contributed by atoms with E-state index in [0.29, 0.717) is 0 Å². The number of carbonyl (C=O) groups is 2. The van der Waals surface area contributed by atoms with Gasteiger partial charge in [-0.15, -0.1) is 0 Å². The Kier molecular flexibility index (Phi) is 6.89. The molecule has 5 rings (SSSR count). The quantitative estimate of drug-likeness (QED) is 0.221. The third-order valence-electron chi connectivity index (χ3n) is 7.25. The van der Waals surface area contributed by atoms with E-state index in [4.69, 9.17) is 0 Å². The molecule has 0 radical (unpaired) electrons. The Hall–Kier alpha value is -4.56. The molecular formula is C36H30O2. The molecule has 2 heteroatoms. The maximum absolute atomic E-state index is 13.2. The Bertz CT molecular complexity index is 1570. The number of rotatable bonds is 6. The molecule has 0 aromatic heterocycles. The molecule has 0 fully saturated rings. The lowest BCUT2D eigenvalue weighted by Crippen LogP contribution is -2.06. The number of aryl methyl sites for hydroxylation is 4. The summed E-state index contributed by atoms with van der Waals surface area (Å²) in [7, 11) is 0. The largest absolute Gasteiger partial charge is 0.289 e. The molecule has 0 aliphatic carbocycles. The summed E-state index contributed by atoms with van der Waals surface area (Å²) in [5.41, 5.74) is 11.1. The Labute approximate surface area is 224 Å².